The molecule has 0 aliphatic carbocycles. The number of carbonyl (C=O) groups is 4. The van der Waals surface area contributed by atoms with Gasteiger partial charge in [-0.25, -0.2) is 14.4 Å². The first-order chi connectivity index (χ1) is 11.4. The fourth-order valence-electron chi connectivity index (χ4n) is 1.73. The van der Waals surface area contributed by atoms with Gasteiger partial charge in [-0.1, -0.05) is 19.7 Å². The Morgan fingerprint density at radius 2 is 1.20 bits per heavy atom. The van der Waals surface area contributed by atoms with Gasteiger partial charge in [-0.15, -0.1) is 0 Å². The van der Waals surface area contributed by atoms with E-state index < -0.39 is 42.5 Å². The van der Waals surface area contributed by atoms with E-state index in [1.165, 1.54) is 13.8 Å². The SMILES string of the molecule is C=C(CC(C)OC(=O)CC(=C)C(=O)OC(C)CC(=C)C(=O)O)C(=O)O. The molecular formula is C17H22O8. The van der Waals surface area contributed by atoms with Crippen molar-refractivity contribution in [2.24, 2.45) is 0 Å². The quantitative estimate of drug-likeness (QED) is 0.425. The van der Waals surface area contributed by atoms with Gasteiger partial charge >= 0.3 is 23.9 Å². The second kappa shape index (κ2) is 10.1. The van der Waals surface area contributed by atoms with Crippen LogP contribution in [-0.4, -0.2) is 46.3 Å². The van der Waals surface area contributed by atoms with Gasteiger partial charge in [0, 0.05) is 29.6 Å². The van der Waals surface area contributed by atoms with Crippen molar-refractivity contribution in [3.05, 3.63) is 36.5 Å². The third-order valence-corrected chi connectivity index (χ3v) is 2.96. The lowest BCUT2D eigenvalue weighted by Crippen LogP contribution is -2.22. The molecule has 0 heterocycles. The summed E-state index contributed by atoms with van der Waals surface area (Å²) in [6.07, 6.45) is -2.02. The Hall–Kier alpha value is -2.90. The predicted octanol–water partition coefficient (Wildman–Crippen LogP) is 1.86. The van der Waals surface area contributed by atoms with Crippen LogP contribution in [-0.2, 0) is 28.7 Å². The van der Waals surface area contributed by atoms with Gasteiger partial charge in [-0.05, 0) is 13.8 Å². The third-order valence-electron chi connectivity index (χ3n) is 2.96. The minimum atomic E-state index is -1.19. The molecule has 2 N–H and O–H groups in total. The largest absolute Gasteiger partial charge is 0.478 e. The molecule has 2 atom stereocenters. The molecule has 0 fully saturated rings. The maximum absolute atomic E-state index is 11.8. The van der Waals surface area contributed by atoms with Crippen molar-refractivity contribution < 1.29 is 38.9 Å². The van der Waals surface area contributed by atoms with Crippen LogP contribution in [0.15, 0.2) is 36.5 Å². The van der Waals surface area contributed by atoms with Gasteiger partial charge in [-0.2, -0.15) is 0 Å². The first-order valence-corrected chi connectivity index (χ1v) is 7.34. The number of carbonyl (C=O) groups excluding carboxylic acids is 2. The fourth-order valence-corrected chi connectivity index (χ4v) is 1.73. The van der Waals surface area contributed by atoms with Gasteiger partial charge in [0.25, 0.3) is 0 Å². The molecule has 0 aliphatic rings. The van der Waals surface area contributed by atoms with E-state index in [1.807, 2.05) is 0 Å². The highest BCUT2D eigenvalue weighted by Crippen LogP contribution is 2.13. The molecule has 0 saturated heterocycles. The van der Waals surface area contributed by atoms with Gasteiger partial charge in [0.2, 0.25) is 0 Å². The fraction of sp³-hybridized carbons (Fsp3) is 0.412. The van der Waals surface area contributed by atoms with E-state index in [0.717, 1.165) is 0 Å². The number of ether oxygens (including phenoxy) is 2. The highest BCUT2D eigenvalue weighted by atomic mass is 16.5. The van der Waals surface area contributed by atoms with E-state index >= 15 is 0 Å². The lowest BCUT2D eigenvalue weighted by molar-refractivity contribution is -0.151. The van der Waals surface area contributed by atoms with E-state index in [4.69, 9.17) is 19.7 Å². The Balaban J connectivity index is 4.38. The predicted molar refractivity (Wildman–Crippen MR) is 87.7 cm³/mol. The molecule has 0 amide bonds. The Labute approximate surface area is 145 Å². The standard InChI is InChI=1S/C17H22O8/c1-9(15(19)20)6-12(4)24-14(18)8-11(3)17(23)25-13(5)7-10(2)16(21)22/h12-13H,1-3,6-8H2,4-5H3,(H,19,20)(H,21,22). The van der Waals surface area contributed by atoms with Gasteiger partial charge in [-0.3, -0.25) is 4.79 Å². The second-order valence-electron chi connectivity index (χ2n) is 5.52. The molecule has 0 spiro atoms. The summed E-state index contributed by atoms with van der Waals surface area (Å²) in [5.74, 6) is -4.00. The van der Waals surface area contributed by atoms with Crippen molar-refractivity contribution in [3.8, 4) is 0 Å². The first-order valence-electron chi connectivity index (χ1n) is 7.34. The molecule has 2 unspecified atom stereocenters. The van der Waals surface area contributed by atoms with Crippen LogP contribution in [0.4, 0.5) is 0 Å². The van der Waals surface area contributed by atoms with E-state index in [2.05, 4.69) is 19.7 Å². The highest BCUT2D eigenvalue weighted by molar-refractivity contribution is 5.93. The van der Waals surface area contributed by atoms with Crippen molar-refractivity contribution >= 4 is 23.9 Å². The van der Waals surface area contributed by atoms with Crippen LogP contribution in [0, 0.1) is 0 Å². The molecule has 0 rings (SSSR count). The number of aliphatic carboxylic acids is 2. The first kappa shape index (κ1) is 22.1. The van der Waals surface area contributed by atoms with E-state index in [9.17, 15) is 19.2 Å². The zero-order valence-electron chi connectivity index (χ0n) is 14.2. The molecule has 138 valence electrons. The zero-order valence-corrected chi connectivity index (χ0v) is 14.2. The van der Waals surface area contributed by atoms with Crippen LogP contribution in [0.3, 0.4) is 0 Å². The van der Waals surface area contributed by atoms with E-state index in [1.54, 1.807) is 0 Å². The molecule has 0 saturated carbocycles. The summed E-state index contributed by atoms with van der Waals surface area (Å²) in [5.41, 5.74) is -0.383. The van der Waals surface area contributed by atoms with Crippen molar-refractivity contribution in [3.63, 3.8) is 0 Å². The minimum Gasteiger partial charge on any atom is -0.478 e. The molecule has 8 heteroatoms. The van der Waals surface area contributed by atoms with E-state index in [0.29, 0.717) is 0 Å². The average molecular weight is 354 g/mol. The molecule has 0 aromatic heterocycles. The zero-order chi connectivity index (χ0) is 19.7. The summed E-state index contributed by atoms with van der Waals surface area (Å²) in [7, 11) is 0. The summed E-state index contributed by atoms with van der Waals surface area (Å²) in [5, 5.41) is 17.4. The summed E-state index contributed by atoms with van der Waals surface area (Å²) in [6, 6.07) is 0. The summed E-state index contributed by atoms with van der Waals surface area (Å²) >= 11 is 0. The number of hydrogen-bond acceptors (Lipinski definition) is 6. The Morgan fingerprint density at radius 3 is 1.60 bits per heavy atom. The Morgan fingerprint density at radius 1 is 0.800 bits per heavy atom. The molecule has 0 aliphatic heterocycles. The average Bonchev–Trinajstić information content (AvgIpc) is 2.45. The van der Waals surface area contributed by atoms with Crippen molar-refractivity contribution in [1.82, 2.24) is 0 Å². The second-order valence-corrected chi connectivity index (χ2v) is 5.52. The maximum Gasteiger partial charge on any atom is 0.334 e. The monoisotopic (exact) mass is 354 g/mol. The third kappa shape index (κ3) is 9.09. The molecule has 25 heavy (non-hydrogen) atoms. The van der Waals surface area contributed by atoms with Crippen LogP contribution in [0.1, 0.15) is 33.1 Å². The lowest BCUT2D eigenvalue weighted by Gasteiger charge is -2.15. The summed E-state index contributed by atoms with van der Waals surface area (Å²) < 4.78 is 9.94. The minimum absolute atomic E-state index is 0.0493. The molecule has 0 bridgehead atoms. The Bertz CT molecular complexity index is 602. The van der Waals surface area contributed by atoms with Gasteiger partial charge in [0.15, 0.2) is 0 Å². The number of esters is 2. The van der Waals surface area contributed by atoms with Crippen molar-refractivity contribution in [2.75, 3.05) is 0 Å². The smallest absolute Gasteiger partial charge is 0.334 e. The molecule has 0 radical (unpaired) electrons. The normalized spacial score (nSPS) is 12.4. The number of rotatable bonds is 11. The lowest BCUT2D eigenvalue weighted by atomic mass is 10.1. The van der Waals surface area contributed by atoms with Gasteiger partial charge < -0.3 is 19.7 Å². The number of hydrogen-bond donors (Lipinski definition) is 2. The maximum atomic E-state index is 11.8. The van der Waals surface area contributed by atoms with Crippen LogP contribution in [0.2, 0.25) is 0 Å². The van der Waals surface area contributed by atoms with Crippen LogP contribution < -0.4 is 0 Å². The van der Waals surface area contributed by atoms with Crippen LogP contribution in [0.25, 0.3) is 0 Å². The number of carboxylic acid groups (broad SMARTS) is 2. The molecule has 0 aromatic carbocycles. The van der Waals surface area contributed by atoms with Crippen molar-refractivity contribution in [1.29, 1.82) is 0 Å². The summed E-state index contributed by atoms with van der Waals surface area (Å²) in [6.45, 7) is 13.1. The Kier molecular flexibility index (Phi) is 8.90. The highest BCUT2D eigenvalue weighted by Gasteiger charge is 2.20. The van der Waals surface area contributed by atoms with Crippen LogP contribution in [0.5, 0.6) is 0 Å². The van der Waals surface area contributed by atoms with Crippen LogP contribution >= 0.6 is 0 Å². The van der Waals surface area contributed by atoms with Gasteiger partial charge in [0.05, 0.1) is 6.42 Å². The van der Waals surface area contributed by atoms with E-state index in [-0.39, 0.29) is 29.6 Å². The summed E-state index contributed by atoms with van der Waals surface area (Å²) in [4.78, 5) is 44.8. The topological polar surface area (TPSA) is 127 Å². The molecular weight excluding hydrogens is 332 g/mol. The van der Waals surface area contributed by atoms with Crippen molar-refractivity contribution in [2.45, 2.75) is 45.3 Å². The van der Waals surface area contributed by atoms with Gasteiger partial charge in [0.1, 0.15) is 12.2 Å². The number of carboxylic acids is 2. The molecule has 8 nitrogen and oxygen atoms in total. The molecule has 0 aromatic rings.